The maximum absolute atomic E-state index is 6.27. The Hall–Kier alpha value is -0.120. The number of hydrogen-bond acceptors (Lipinski definition) is 3. The van der Waals surface area contributed by atoms with Crippen molar-refractivity contribution in [2.24, 2.45) is 11.1 Å². The molecule has 0 aromatic rings. The van der Waals surface area contributed by atoms with Gasteiger partial charge in [0.25, 0.3) is 0 Å². The average molecular weight is 268 g/mol. The fraction of sp³-hybridized carbons (Fsp3) is 1.00. The molecule has 1 heterocycles. The Labute approximate surface area is 118 Å². The molecule has 0 bridgehead atoms. The van der Waals surface area contributed by atoms with E-state index < -0.39 is 0 Å². The third-order valence-electron chi connectivity index (χ3n) is 5.23. The van der Waals surface area contributed by atoms with Gasteiger partial charge < -0.3 is 10.5 Å². The molecule has 0 spiro atoms. The van der Waals surface area contributed by atoms with Crippen LogP contribution in [0.15, 0.2) is 0 Å². The van der Waals surface area contributed by atoms with E-state index >= 15 is 0 Å². The van der Waals surface area contributed by atoms with Crippen LogP contribution in [0.2, 0.25) is 0 Å². The first-order chi connectivity index (χ1) is 8.92. The summed E-state index contributed by atoms with van der Waals surface area (Å²) in [4.78, 5) is 2.71. The Morgan fingerprint density at radius 1 is 1.32 bits per heavy atom. The monoisotopic (exact) mass is 268 g/mol. The highest BCUT2D eigenvalue weighted by molar-refractivity contribution is 5.02. The van der Waals surface area contributed by atoms with Crippen molar-refractivity contribution in [1.29, 1.82) is 0 Å². The highest BCUT2D eigenvalue weighted by atomic mass is 16.5. The quantitative estimate of drug-likeness (QED) is 0.855. The van der Waals surface area contributed by atoms with Crippen molar-refractivity contribution in [2.75, 3.05) is 19.7 Å². The summed E-state index contributed by atoms with van der Waals surface area (Å²) in [7, 11) is 0. The standard InChI is InChI=1S/C16H32N2O/c1-5-14-10-19-13(2)9-18(14)16(12-17)8-6-7-15(3,4)11-16/h13-14H,5-12,17H2,1-4H3. The maximum atomic E-state index is 6.27. The van der Waals surface area contributed by atoms with Gasteiger partial charge in [-0.05, 0) is 38.0 Å². The molecule has 0 aromatic heterocycles. The minimum Gasteiger partial charge on any atom is -0.376 e. The van der Waals surface area contributed by atoms with Gasteiger partial charge in [0.15, 0.2) is 0 Å². The van der Waals surface area contributed by atoms with E-state index in [0.29, 0.717) is 17.6 Å². The zero-order valence-corrected chi connectivity index (χ0v) is 13.2. The Morgan fingerprint density at radius 2 is 2.05 bits per heavy atom. The van der Waals surface area contributed by atoms with E-state index in [1.165, 1.54) is 25.7 Å². The summed E-state index contributed by atoms with van der Waals surface area (Å²) in [5.41, 5.74) is 6.91. The summed E-state index contributed by atoms with van der Waals surface area (Å²) in [5, 5.41) is 0. The Kier molecular flexibility index (Phi) is 4.59. The van der Waals surface area contributed by atoms with Gasteiger partial charge in [0.05, 0.1) is 12.7 Å². The number of nitrogens with two attached hydrogens (primary N) is 1. The number of nitrogens with zero attached hydrogens (tertiary/aromatic N) is 1. The average Bonchev–Trinajstić information content (AvgIpc) is 2.37. The van der Waals surface area contributed by atoms with Crippen molar-refractivity contribution < 1.29 is 4.74 Å². The molecule has 1 aliphatic carbocycles. The first-order valence-electron chi connectivity index (χ1n) is 8.01. The van der Waals surface area contributed by atoms with E-state index in [0.717, 1.165) is 26.1 Å². The Bertz CT molecular complexity index is 305. The number of morpholine rings is 1. The minimum atomic E-state index is 0.209. The van der Waals surface area contributed by atoms with Gasteiger partial charge in [0.1, 0.15) is 0 Å². The van der Waals surface area contributed by atoms with E-state index in [9.17, 15) is 0 Å². The summed E-state index contributed by atoms with van der Waals surface area (Å²) in [6.45, 7) is 12.0. The van der Waals surface area contributed by atoms with Gasteiger partial charge >= 0.3 is 0 Å². The molecule has 3 atom stereocenters. The highest BCUT2D eigenvalue weighted by Crippen LogP contribution is 2.45. The zero-order chi connectivity index (χ0) is 14.1. The minimum absolute atomic E-state index is 0.209. The normalized spacial score (nSPS) is 40.3. The highest BCUT2D eigenvalue weighted by Gasteiger charge is 2.46. The molecule has 0 aromatic carbocycles. The molecule has 1 aliphatic heterocycles. The Balaban J connectivity index is 2.22. The molecule has 0 radical (unpaired) electrons. The lowest BCUT2D eigenvalue weighted by Crippen LogP contribution is -2.65. The first kappa shape index (κ1) is 15.3. The molecular weight excluding hydrogens is 236 g/mol. The molecule has 19 heavy (non-hydrogen) atoms. The lowest BCUT2D eigenvalue weighted by molar-refractivity contribution is -0.118. The van der Waals surface area contributed by atoms with Crippen LogP contribution in [0.1, 0.15) is 59.8 Å². The second-order valence-electron chi connectivity index (χ2n) is 7.48. The van der Waals surface area contributed by atoms with Crippen molar-refractivity contribution in [3.05, 3.63) is 0 Å². The van der Waals surface area contributed by atoms with Gasteiger partial charge in [0.2, 0.25) is 0 Å². The fourth-order valence-electron chi connectivity index (χ4n) is 4.26. The van der Waals surface area contributed by atoms with E-state index in [2.05, 4.69) is 32.6 Å². The van der Waals surface area contributed by atoms with Crippen LogP contribution in [0, 0.1) is 5.41 Å². The van der Waals surface area contributed by atoms with Crippen molar-refractivity contribution in [2.45, 2.75) is 77.5 Å². The van der Waals surface area contributed by atoms with Crippen LogP contribution in [-0.4, -0.2) is 42.3 Å². The summed E-state index contributed by atoms with van der Waals surface area (Å²) in [5.74, 6) is 0. The maximum Gasteiger partial charge on any atom is 0.0675 e. The zero-order valence-electron chi connectivity index (χ0n) is 13.2. The molecule has 0 amide bonds. The topological polar surface area (TPSA) is 38.5 Å². The predicted octanol–water partition coefficient (Wildman–Crippen LogP) is 2.78. The molecule has 3 nitrogen and oxygen atoms in total. The number of hydrogen-bond donors (Lipinski definition) is 1. The van der Waals surface area contributed by atoms with Crippen LogP contribution in [0.4, 0.5) is 0 Å². The molecule has 2 rings (SSSR count). The summed E-state index contributed by atoms with van der Waals surface area (Å²) in [6, 6.07) is 0.550. The molecule has 2 aliphatic rings. The van der Waals surface area contributed by atoms with Gasteiger partial charge in [-0.2, -0.15) is 0 Å². The van der Waals surface area contributed by atoms with Gasteiger partial charge in [-0.3, -0.25) is 4.90 Å². The lowest BCUT2D eigenvalue weighted by atomic mass is 9.66. The molecule has 3 heteroatoms. The van der Waals surface area contributed by atoms with Crippen LogP contribution in [0.5, 0.6) is 0 Å². The van der Waals surface area contributed by atoms with E-state index in [1.54, 1.807) is 0 Å². The SMILES string of the molecule is CCC1COC(C)CN1C1(CN)CCCC(C)(C)C1. The number of rotatable bonds is 3. The molecule has 3 unspecified atom stereocenters. The molecule has 112 valence electrons. The van der Waals surface area contributed by atoms with Crippen LogP contribution in [-0.2, 0) is 4.74 Å². The summed E-state index contributed by atoms with van der Waals surface area (Å²) in [6.07, 6.45) is 6.65. The van der Waals surface area contributed by atoms with Gasteiger partial charge in [-0.25, -0.2) is 0 Å². The lowest BCUT2D eigenvalue weighted by Gasteiger charge is -2.55. The van der Waals surface area contributed by atoms with Crippen molar-refractivity contribution in [3.8, 4) is 0 Å². The van der Waals surface area contributed by atoms with Crippen LogP contribution in [0.3, 0.4) is 0 Å². The molecule has 2 fully saturated rings. The Morgan fingerprint density at radius 3 is 2.63 bits per heavy atom. The molecule has 1 saturated carbocycles. The molecular formula is C16H32N2O. The largest absolute Gasteiger partial charge is 0.376 e. The second kappa shape index (κ2) is 5.71. The van der Waals surface area contributed by atoms with Crippen molar-refractivity contribution >= 4 is 0 Å². The van der Waals surface area contributed by atoms with Crippen molar-refractivity contribution in [3.63, 3.8) is 0 Å². The van der Waals surface area contributed by atoms with Crippen LogP contribution in [0.25, 0.3) is 0 Å². The number of ether oxygens (including phenoxy) is 1. The predicted molar refractivity (Wildman–Crippen MR) is 80.2 cm³/mol. The smallest absolute Gasteiger partial charge is 0.0675 e. The van der Waals surface area contributed by atoms with Gasteiger partial charge in [-0.1, -0.05) is 27.2 Å². The van der Waals surface area contributed by atoms with E-state index in [4.69, 9.17) is 10.5 Å². The third kappa shape index (κ3) is 3.14. The van der Waals surface area contributed by atoms with Crippen LogP contribution >= 0.6 is 0 Å². The van der Waals surface area contributed by atoms with E-state index in [1.807, 2.05) is 0 Å². The van der Waals surface area contributed by atoms with Gasteiger partial charge in [0, 0.05) is 24.7 Å². The van der Waals surface area contributed by atoms with Gasteiger partial charge in [-0.15, -0.1) is 0 Å². The van der Waals surface area contributed by atoms with Crippen LogP contribution < -0.4 is 5.73 Å². The third-order valence-corrected chi connectivity index (χ3v) is 5.23. The fourth-order valence-corrected chi connectivity index (χ4v) is 4.26. The van der Waals surface area contributed by atoms with E-state index in [-0.39, 0.29) is 5.54 Å². The first-order valence-corrected chi connectivity index (χ1v) is 8.01. The molecule has 2 N–H and O–H groups in total. The van der Waals surface area contributed by atoms with Crippen molar-refractivity contribution in [1.82, 2.24) is 4.90 Å². The molecule has 1 saturated heterocycles. The summed E-state index contributed by atoms with van der Waals surface area (Å²) >= 11 is 0. The second-order valence-corrected chi connectivity index (χ2v) is 7.48. The summed E-state index contributed by atoms with van der Waals surface area (Å²) < 4.78 is 5.86.